The Morgan fingerprint density at radius 3 is 1.81 bits per heavy atom. The van der Waals surface area contributed by atoms with E-state index in [1.165, 1.54) is 83.5 Å². The maximum Gasteiger partial charge on any atom is 0.251 e. The molecule has 0 saturated carbocycles. The fourth-order valence-electron chi connectivity index (χ4n) is 3.71. The molecule has 0 atom stereocenters. The summed E-state index contributed by atoms with van der Waals surface area (Å²) in [6.45, 7) is 5.88. The normalized spacial score (nSPS) is 10.9. The highest BCUT2D eigenvalue weighted by atomic mass is 79.9. The third-order valence-electron chi connectivity index (χ3n) is 5.77. The van der Waals surface area contributed by atoms with Gasteiger partial charge in [-0.05, 0) is 47.0 Å². The molecule has 1 amide bonds. The molecule has 0 radical (unpaired) electrons. The molecule has 1 N–H and O–H groups in total. The Kier molecular flexibility index (Phi) is 17.7. The summed E-state index contributed by atoms with van der Waals surface area (Å²) < 4.78 is 6.56. The minimum Gasteiger partial charge on any atom is -0.492 e. The van der Waals surface area contributed by atoms with Gasteiger partial charge in [0.15, 0.2) is 0 Å². The number of carbonyl (C=O) groups excluding carboxylic acids is 1. The van der Waals surface area contributed by atoms with Crippen LogP contribution in [-0.4, -0.2) is 19.1 Å². The van der Waals surface area contributed by atoms with Gasteiger partial charge in [0.25, 0.3) is 5.91 Å². The molecule has 0 spiro atoms. The number of amides is 1. The lowest BCUT2D eigenvalue weighted by atomic mass is 10.0. The topological polar surface area (TPSA) is 38.3 Å². The number of nitrogens with one attached hydrogen (secondary N) is 1. The molecule has 0 unspecified atom stereocenters. The van der Waals surface area contributed by atoms with Gasteiger partial charge < -0.3 is 10.1 Å². The smallest absolute Gasteiger partial charge is 0.251 e. The standard InChI is InChI=1S/C27H46BrNO2/c1-3-5-7-8-9-10-11-12-13-14-15-16-17-18-21-29-27(30)24-19-20-26(25(28)23-24)31-22-6-4-2/h19-20,23H,3-18,21-22H2,1-2H3,(H,29,30). The van der Waals surface area contributed by atoms with Crippen LogP contribution >= 0.6 is 15.9 Å². The van der Waals surface area contributed by atoms with Crippen LogP contribution in [0.4, 0.5) is 0 Å². The van der Waals surface area contributed by atoms with Crippen molar-refractivity contribution in [3.05, 3.63) is 28.2 Å². The van der Waals surface area contributed by atoms with Crippen LogP contribution in [0.5, 0.6) is 5.75 Å². The van der Waals surface area contributed by atoms with E-state index in [-0.39, 0.29) is 5.91 Å². The molecule has 31 heavy (non-hydrogen) atoms. The highest BCUT2D eigenvalue weighted by molar-refractivity contribution is 9.10. The summed E-state index contributed by atoms with van der Waals surface area (Å²) in [5, 5.41) is 3.04. The Labute approximate surface area is 200 Å². The molecule has 0 heterocycles. The van der Waals surface area contributed by atoms with Crippen molar-refractivity contribution in [1.82, 2.24) is 5.32 Å². The van der Waals surface area contributed by atoms with E-state index in [4.69, 9.17) is 4.74 Å². The first-order valence-electron chi connectivity index (χ1n) is 12.9. The summed E-state index contributed by atoms with van der Waals surface area (Å²) in [5.74, 6) is 0.799. The maximum absolute atomic E-state index is 12.3. The summed E-state index contributed by atoms with van der Waals surface area (Å²) >= 11 is 3.51. The monoisotopic (exact) mass is 495 g/mol. The largest absolute Gasteiger partial charge is 0.492 e. The van der Waals surface area contributed by atoms with E-state index in [0.717, 1.165) is 36.0 Å². The van der Waals surface area contributed by atoms with E-state index in [1.807, 2.05) is 18.2 Å². The zero-order valence-electron chi connectivity index (χ0n) is 20.2. The summed E-state index contributed by atoms with van der Waals surface area (Å²) in [4.78, 5) is 12.3. The second-order valence-corrected chi connectivity index (χ2v) is 9.55. The van der Waals surface area contributed by atoms with Crippen molar-refractivity contribution in [3.63, 3.8) is 0 Å². The molecule has 1 aromatic carbocycles. The molecule has 178 valence electrons. The van der Waals surface area contributed by atoms with E-state index < -0.39 is 0 Å². The lowest BCUT2D eigenvalue weighted by Crippen LogP contribution is -2.24. The summed E-state index contributed by atoms with van der Waals surface area (Å²) in [7, 11) is 0. The van der Waals surface area contributed by atoms with Crippen molar-refractivity contribution in [2.24, 2.45) is 0 Å². The average Bonchev–Trinajstić information content (AvgIpc) is 2.77. The molecule has 3 nitrogen and oxygen atoms in total. The van der Waals surface area contributed by atoms with Crippen molar-refractivity contribution in [3.8, 4) is 5.75 Å². The van der Waals surface area contributed by atoms with Gasteiger partial charge in [-0.15, -0.1) is 0 Å². The van der Waals surface area contributed by atoms with Crippen molar-refractivity contribution >= 4 is 21.8 Å². The fourth-order valence-corrected chi connectivity index (χ4v) is 4.20. The lowest BCUT2D eigenvalue weighted by Gasteiger charge is -2.10. The van der Waals surface area contributed by atoms with Crippen LogP contribution in [-0.2, 0) is 0 Å². The zero-order chi connectivity index (χ0) is 22.6. The number of ether oxygens (including phenoxy) is 1. The molecule has 1 rings (SSSR count). The van der Waals surface area contributed by atoms with Crippen LogP contribution in [0, 0.1) is 0 Å². The van der Waals surface area contributed by atoms with E-state index in [1.54, 1.807) is 0 Å². The van der Waals surface area contributed by atoms with Gasteiger partial charge >= 0.3 is 0 Å². The SMILES string of the molecule is CCCCCCCCCCCCCCCCNC(=O)c1ccc(OCCCC)c(Br)c1. The van der Waals surface area contributed by atoms with E-state index in [2.05, 4.69) is 35.1 Å². The Morgan fingerprint density at radius 1 is 0.774 bits per heavy atom. The third-order valence-corrected chi connectivity index (χ3v) is 6.39. The average molecular weight is 497 g/mol. The first kappa shape index (κ1) is 28.0. The molecule has 1 aromatic rings. The van der Waals surface area contributed by atoms with Crippen molar-refractivity contribution in [2.75, 3.05) is 13.2 Å². The first-order chi connectivity index (χ1) is 15.2. The summed E-state index contributed by atoms with van der Waals surface area (Å²) in [5.41, 5.74) is 0.681. The fraction of sp³-hybridized carbons (Fsp3) is 0.741. The molecule has 0 fully saturated rings. The van der Waals surface area contributed by atoms with Crippen LogP contribution < -0.4 is 10.1 Å². The van der Waals surface area contributed by atoms with E-state index >= 15 is 0 Å². The molecule has 0 bridgehead atoms. The number of hydrogen-bond donors (Lipinski definition) is 1. The van der Waals surface area contributed by atoms with Gasteiger partial charge in [0, 0.05) is 12.1 Å². The molecule has 0 aliphatic rings. The Balaban J connectivity index is 1.98. The number of benzene rings is 1. The predicted molar refractivity (Wildman–Crippen MR) is 137 cm³/mol. The van der Waals surface area contributed by atoms with Gasteiger partial charge in [0.1, 0.15) is 5.75 Å². The second-order valence-electron chi connectivity index (χ2n) is 8.70. The van der Waals surface area contributed by atoms with Crippen molar-refractivity contribution < 1.29 is 9.53 Å². The van der Waals surface area contributed by atoms with Gasteiger partial charge in [-0.25, -0.2) is 0 Å². The molecular formula is C27H46BrNO2. The first-order valence-corrected chi connectivity index (χ1v) is 13.7. The minimum atomic E-state index is -0.00416. The van der Waals surface area contributed by atoms with Gasteiger partial charge in [0.2, 0.25) is 0 Å². The quantitative estimate of drug-likeness (QED) is 0.183. The maximum atomic E-state index is 12.3. The molecule has 0 saturated heterocycles. The lowest BCUT2D eigenvalue weighted by molar-refractivity contribution is 0.0953. The highest BCUT2D eigenvalue weighted by Gasteiger charge is 2.09. The summed E-state index contributed by atoms with van der Waals surface area (Å²) in [6.07, 6.45) is 21.0. The van der Waals surface area contributed by atoms with Gasteiger partial charge in [0.05, 0.1) is 11.1 Å². The number of unbranched alkanes of at least 4 members (excludes halogenated alkanes) is 14. The van der Waals surface area contributed by atoms with Gasteiger partial charge in [-0.2, -0.15) is 0 Å². The molecule has 4 heteroatoms. The van der Waals surface area contributed by atoms with Crippen molar-refractivity contribution in [2.45, 2.75) is 117 Å². The van der Waals surface area contributed by atoms with E-state index in [0.29, 0.717) is 12.2 Å². The molecule has 0 aliphatic carbocycles. The minimum absolute atomic E-state index is 0.00416. The highest BCUT2D eigenvalue weighted by Crippen LogP contribution is 2.26. The molecule has 0 aliphatic heterocycles. The van der Waals surface area contributed by atoms with Crippen LogP contribution in [0.2, 0.25) is 0 Å². The van der Waals surface area contributed by atoms with Crippen LogP contribution in [0.3, 0.4) is 0 Å². The second kappa shape index (κ2) is 19.6. The number of hydrogen-bond acceptors (Lipinski definition) is 2. The predicted octanol–water partition coefficient (Wildman–Crippen LogP) is 8.84. The number of carbonyl (C=O) groups is 1. The van der Waals surface area contributed by atoms with Crippen LogP contribution in [0.25, 0.3) is 0 Å². The Bertz CT molecular complexity index is 576. The van der Waals surface area contributed by atoms with Gasteiger partial charge in [-0.3, -0.25) is 4.79 Å². The van der Waals surface area contributed by atoms with Crippen molar-refractivity contribution in [1.29, 1.82) is 0 Å². The van der Waals surface area contributed by atoms with Crippen LogP contribution in [0.1, 0.15) is 127 Å². The Hall–Kier alpha value is -1.03. The van der Waals surface area contributed by atoms with Gasteiger partial charge in [-0.1, -0.05) is 104 Å². The molecular weight excluding hydrogens is 450 g/mol. The van der Waals surface area contributed by atoms with Crippen LogP contribution in [0.15, 0.2) is 22.7 Å². The van der Waals surface area contributed by atoms with E-state index in [9.17, 15) is 4.79 Å². The summed E-state index contributed by atoms with van der Waals surface area (Å²) in [6, 6.07) is 5.57. The number of rotatable bonds is 20. The third kappa shape index (κ3) is 14.6. The molecule has 0 aromatic heterocycles. The Morgan fingerprint density at radius 2 is 1.29 bits per heavy atom. The zero-order valence-corrected chi connectivity index (χ0v) is 21.7. The number of halogens is 1.